The summed E-state index contributed by atoms with van der Waals surface area (Å²) in [7, 11) is 1.48. The molecule has 2 aromatic carbocycles. The predicted octanol–water partition coefficient (Wildman–Crippen LogP) is 4.61. The van der Waals surface area contributed by atoms with Gasteiger partial charge in [0, 0.05) is 10.7 Å². The summed E-state index contributed by atoms with van der Waals surface area (Å²) in [6.45, 7) is 0. The van der Waals surface area contributed by atoms with E-state index in [1.165, 1.54) is 18.2 Å². The number of methoxy groups -OCH3 is 1. The third kappa shape index (κ3) is 2.16. The van der Waals surface area contributed by atoms with Gasteiger partial charge in [-0.1, -0.05) is 46.3 Å². The maximum atomic E-state index is 13.7. The summed E-state index contributed by atoms with van der Waals surface area (Å²) in [6, 6.07) is 13.6. The SMILES string of the molecule is COc1ccc(C(Br)C2Cc3ccccc32)cc1F. The lowest BCUT2D eigenvalue weighted by Crippen LogP contribution is -2.20. The molecule has 2 atom stereocenters. The molecule has 0 bridgehead atoms. The number of ether oxygens (including phenoxy) is 1. The van der Waals surface area contributed by atoms with E-state index in [4.69, 9.17) is 4.74 Å². The van der Waals surface area contributed by atoms with Gasteiger partial charge in [-0.25, -0.2) is 4.39 Å². The molecule has 2 aromatic rings. The molecule has 0 fully saturated rings. The molecule has 3 rings (SSSR count). The summed E-state index contributed by atoms with van der Waals surface area (Å²) < 4.78 is 18.7. The highest BCUT2D eigenvalue weighted by Crippen LogP contribution is 2.48. The molecule has 0 aliphatic heterocycles. The van der Waals surface area contributed by atoms with E-state index in [0.29, 0.717) is 5.92 Å². The molecule has 98 valence electrons. The topological polar surface area (TPSA) is 9.23 Å². The average molecular weight is 321 g/mol. The Balaban J connectivity index is 1.86. The van der Waals surface area contributed by atoms with Gasteiger partial charge in [0.25, 0.3) is 0 Å². The summed E-state index contributed by atoms with van der Waals surface area (Å²) in [5.74, 6) is 0.401. The summed E-state index contributed by atoms with van der Waals surface area (Å²) in [5, 5.41) is 0. The fourth-order valence-corrected chi connectivity index (χ4v) is 3.40. The van der Waals surface area contributed by atoms with Crippen molar-refractivity contribution in [2.24, 2.45) is 0 Å². The van der Waals surface area contributed by atoms with Crippen LogP contribution in [-0.4, -0.2) is 7.11 Å². The Hall–Kier alpha value is -1.35. The Morgan fingerprint density at radius 1 is 1.26 bits per heavy atom. The van der Waals surface area contributed by atoms with Crippen molar-refractivity contribution >= 4 is 15.9 Å². The molecule has 1 nitrogen and oxygen atoms in total. The second kappa shape index (κ2) is 4.97. The van der Waals surface area contributed by atoms with E-state index in [-0.39, 0.29) is 16.4 Å². The molecule has 0 saturated heterocycles. The van der Waals surface area contributed by atoms with Crippen LogP contribution in [0, 0.1) is 5.82 Å². The quantitative estimate of drug-likeness (QED) is 0.750. The zero-order valence-corrected chi connectivity index (χ0v) is 12.2. The molecule has 3 heteroatoms. The molecular weight excluding hydrogens is 307 g/mol. The van der Waals surface area contributed by atoms with Gasteiger partial charge in [-0.15, -0.1) is 0 Å². The summed E-state index contributed by atoms with van der Waals surface area (Å²) in [4.78, 5) is 0.141. The number of benzene rings is 2. The van der Waals surface area contributed by atoms with Crippen LogP contribution in [0.4, 0.5) is 4.39 Å². The van der Waals surface area contributed by atoms with Crippen molar-refractivity contribution in [1.82, 2.24) is 0 Å². The van der Waals surface area contributed by atoms with Crippen molar-refractivity contribution in [3.8, 4) is 5.75 Å². The number of halogens is 2. The van der Waals surface area contributed by atoms with Gasteiger partial charge in [0.2, 0.25) is 0 Å². The van der Waals surface area contributed by atoms with Crippen LogP contribution in [0.1, 0.15) is 27.4 Å². The van der Waals surface area contributed by atoms with E-state index in [9.17, 15) is 4.39 Å². The highest BCUT2D eigenvalue weighted by atomic mass is 79.9. The van der Waals surface area contributed by atoms with E-state index in [0.717, 1.165) is 12.0 Å². The minimum absolute atomic E-state index is 0.141. The number of hydrogen-bond acceptors (Lipinski definition) is 1. The molecule has 0 aromatic heterocycles. The van der Waals surface area contributed by atoms with Crippen LogP contribution in [-0.2, 0) is 6.42 Å². The molecule has 1 aliphatic carbocycles. The molecule has 0 radical (unpaired) electrons. The van der Waals surface area contributed by atoms with Crippen LogP contribution in [0.3, 0.4) is 0 Å². The number of hydrogen-bond donors (Lipinski definition) is 0. The van der Waals surface area contributed by atoms with Gasteiger partial charge in [-0.05, 0) is 35.2 Å². The van der Waals surface area contributed by atoms with Crippen molar-refractivity contribution in [3.05, 3.63) is 65.0 Å². The number of alkyl halides is 1. The summed E-state index contributed by atoms with van der Waals surface area (Å²) in [6.07, 6.45) is 1.04. The maximum absolute atomic E-state index is 13.7. The molecule has 1 aliphatic rings. The largest absolute Gasteiger partial charge is 0.494 e. The van der Waals surface area contributed by atoms with Crippen molar-refractivity contribution in [2.75, 3.05) is 7.11 Å². The van der Waals surface area contributed by atoms with E-state index in [1.54, 1.807) is 12.1 Å². The molecule has 19 heavy (non-hydrogen) atoms. The van der Waals surface area contributed by atoms with E-state index in [1.807, 2.05) is 6.07 Å². The molecule has 0 amide bonds. The summed E-state index contributed by atoms with van der Waals surface area (Å²) in [5.41, 5.74) is 3.71. The third-order valence-electron chi connectivity index (χ3n) is 3.74. The fourth-order valence-electron chi connectivity index (χ4n) is 2.65. The van der Waals surface area contributed by atoms with Crippen molar-refractivity contribution < 1.29 is 9.13 Å². The smallest absolute Gasteiger partial charge is 0.165 e. The Morgan fingerprint density at radius 3 is 2.74 bits per heavy atom. The van der Waals surface area contributed by atoms with Crippen molar-refractivity contribution in [2.45, 2.75) is 17.2 Å². The van der Waals surface area contributed by atoms with E-state index >= 15 is 0 Å². The van der Waals surface area contributed by atoms with Crippen LogP contribution in [0.25, 0.3) is 0 Å². The lowest BCUT2D eigenvalue weighted by molar-refractivity contribution is 0.386. The van der Waals surface area contributed by atoms with Gasteiger partial charge < -0.3 is 4.74 Å². The monoisotopic (exact) mass is 320 g/mol. The third-order valence-corrected chi connectivity index (χ3v) is 4.91. The normalized spacial score (nSPS) is 18.4. The van der Waals surface area contributed by atoms with Crippen LogP contribution in [0.2, 0.25) is 0 Å². The first-order chi connectivity index (χ1) is 9.20. The Labute approximate surface area is 120 Å². The second-order valence-corrected chi connectivity index (χ2v) is 5.79. The Bertz CT molecular complexity index is 611. The zero-order chi connectivity index (χ0) is 13.4. The average Bonchev–Trinajstić information content (AvgIpc) is 2.40. The molecule has 0 N–H and O–H groups in total. The van der Waals surface area contributed by atoms with Crippen LogP contribution < -0.4 is 4.74 Å². The Kier molecular flexibility index (Phi) is 3.31. The first-order valence-electron chi connectivity index (χ1n) is 6.26. The lowest BCUT2D eigenvalue weighted by Gasteiger charge is -2.34. The van der Waals surface area contributed by atoms with E-state index in [2.05, 4.69) is 40.2 Å². The molecule has 2 unspecified atom stereocenters. The van der Waals surface area contributed by atoms with Crippen molar-refractivity contribution in [3.63, 3.8) is 0 Å². The van der Waals surface area contributed by atoms with Crippen LogP contribution >= 0.6 is 15.9 Å². The molecule has 0 heterocycles. The maximum Gasteiger partial charge on any atom is 0.165 e. The second-order valence-electron chi connectivity index (χ2n) is 4.81. The van der Waals surface area contributed by atoms with Crippen LogP contribution in [0.5, 0.6) is 5.75 Å². The highest BCUT2D eigenvalue weighted by Gasteiger charge is 2.32. The number of rotatable bonds is 3. The van der Waals surface area contributed by atoms with Gasteiger partial charge >= 0.3 is 0 Å². The molecular formula is C16H14BrFO. The lowest BCUT2D eigenvalue weighted by atomic mass is 9.74. The number of fused-ring (bicyclic) bond motifs is 1. The van der Waals surface area contributed by atoms with Gasteiger partial charge in [0.05, 0.1) is 7.11 Å². The molecule has 0 spiro atoms. The van der Waals surface area contributed by atoms with Gasteiger partial charge in [0.1, 0.15) is 0 Å². The van der Waals surface area contributed by atoms with Gasteiger partial charge in [-0.2, -0.15) is 0 Å². The van der Waals surface area contributed by atoms with Crippen molar-refractivity contribution in [1.29, 1.82) is 0 Å². The minimum Gasteiger partial charge on any atom is -0.494 e. The molecule has 0 saturated carbocycles. The van der Waals surface area contributed by atoms with Crippen LogP contribution in [0.15, 0.2) is 42.5 Å². The van der Waals surface area contributed by atoms with Gasteiger partial charge in [0.15, 0.2) is 11.6 Å². The zero-order valence-electron chi connectivity index (χ0n) is 10.6. The first kappa shape index (κ1) is 12.7. The summed E-state index contributed by atoms with van der Waals surface area (Å²) >= 11 is 3.71. The van der Waals surface area contributed by atoms with Gasteiger partial charge in [-0.3, -0.25) is 0 Å². The Morgan fingerprint density at radius 2 is 2.05 bits per heavy atom. The first-order valence-corrected chi connectivity index (χ1v) is 7.17. The van der Waals surface area contributed by atoms with E-state index < -0.39 is 0 Å². The standard InChI is InChI=1S/C16H14BrFO/c1-19-15-7-6-11(9-14(15)18)16(17)13-8-10-4-2-3-5-12(10)13/h2-7,9,13,16H,8H2,1H3. The minimum atomic E-state index is -0.308. The fraction of sp³-hybridized carbons (Fsp3) is 0.250. The highest BCUT2D eigenvalue weighted by molar-refractivity contribution is 9.09. The predicted molar refractivity (Wildman–Crippen MR) is 77.5 cm³/mol.